The number of hydrogen-bond donors (Lipinski definition) is 1. The molecule has 9 heteroatoms. The molecule has 2 N–H and O–H groups in total. The van der Waals surface area contributed by atoms with Crippen LogP contribution in [0.1, 0.15) is 94.1 Å². The zero-order chi connectivity index (χ0) is 30.1. The Hall–Kier alpha value is -2.94. The number of benzene rings is 1. The van der Waals surface area contributed by atoms with E-state index in [1.165, 1.54) is 12.1 Å². The minimum Gasteiger partial charge on any atom is -0.459 e. The van der Waals surface area contributed by atoms with Crippen LogP contribution >= 0.6 is 0 Å². The first kappa shape index (κ1) is 34.1. The summed E-state index contributed by atoms with van der Waals surface area (Å²) in [5, 5.41) is 0. The number of ether oxygens (including phenoxy) is 4. The Morgan fingerprint density at radius 3 is 1.77 bits per heavy atom. The van der Waals surface area contributed by atoms with Crippen molar-refractivity contribution in [3.8, 4) is 11.5 Å². The standard InChI is InChI=1S/C30H47NO8/c1-11-29(7,8)27(34)38-23-14-13-21(17-24(23)39-28(35)30(9,10)12-2)16-22(31)26(33)37-20(6)19(5)36-25(32)15-18(3)4/h13-14,17-20,22H,11-12,15-16,31H2,1-10H3/t19?,20-,22-/m0/s1. The van der Waals surface area contributed by atoms with Gasteiger partial charge >= 0.3 is 23.9 Å². The molecule has 0 aliphatic rings. The van der Waals surface area contributed by atoms with E-state index >= 15 is 0 Å². The van der Waals surface area contributed by atoms with E-state index in [0.29, 0.717) is 18.4 Å². The SMILES string of the molecule is CCC(C)(C)C(=O)Oc1ccc(C[C@H](N)C(=O)O[C@@H](C)C(C)OC(=O)CC(C)C)cc1OC(=O)C(C)(C)CC. The van der Waals surface area contributed by atoms with Gasteiger partial charge in [-0.15, -0.1) is 0 Å². The van der Waals surface area contributed by atoms with Crippen molar-refractivity contribution in [3.05, 3.63) is 23.8 Å². The van der Waals surface area contributed by atoms with Gasteiger partial charge in [0, 0.05) is 6.42 Å². The molecule has 0 aromatic heterocycles. The van der Waals surface area contributed by atoms with E-state index in [0.717, 1.165) is 0 Å². The monoisotopic (exact) mass is 549 g/mol. The molecule has 0 radical (unpaired) electrons. The van der Waals surface area contributed by atoms with Crippen LogP contribution in [0.4, 0.5) is 0 Å². The molecule has 0 heterocycles. The predicted molar refractivity (Wildman–Crippen MR) is 148 cm³/mol. The molecule has 1 aromatic carbocycles. The smallest absolute Gasteiger partial charge is 0.323 e. The lowest BCUT2D eigenvalue weighted by molar-refractivity contribution is -0.166. The quantitative estimate of drug-likeness (QED) is 0.247. The van der Waals surface area contributed by atoms with Crippen LogP contribution in [0.2, 0.25) is 0 Å². The molecule has 1 unspecified atom stereocenters. The third kappa shape index (κ3) is 10.6. The largest absolute Gasteiger partial charge is 0.459 e. The molecule has 3 atom stereocenters. The first-order chi connectivity index (χ1) is 17.9. The Balaban J connectivity index is 3.06. The molecule has 220 valence electrons. The summed E-state index contributed by atoms with van der Waals surface area (Å²) in [6.07, 6.45) is 0.117. The highest BCUT2D eigenvalue weighted by molar-refractivity contribution is 5.81. The molecule has 1 rings (SSSR count). The second-order valence-electron chi connectivity index (χ2n) is 11.8. The van der Waals surface area contributed by atoms with Crippen molar-refractivity contribution >= 4 is 23.9 Å². The van der Waals surface area contributed by atoms with Crippen molar-refractivity contribution in [2.24, 2.45) is 22.5 Å². The molecule has 0 amide bonds. The summed E-state index contributed by atoms with van der Waals surface area (Å²) in [6, 6.07) is 3.68. The zero-order valence-electron chi connectivity index (χ0n) is 25.2. The lowest BCUT2D eigenvalue weighted by Gasteiger charge is -2.24. The van der Waals surface area contributed by atoms with E-state index in [1.54, 1.807) is 47.6 Å². The van der Waals surface area contributed by atoms with Crippen molar-refractivity contribution in [2.45, 2.75) is 113 Å². The van der Waals surface area contributed by atoms with Gasteiger partial charge in [0.25, 0.3) is 0 Å². The number of carbonyl (C=O) groups excluding carboxylic acids is 4. The average molecular weight is 550 g/mol. The number of rotatable bonds is 14. The molecule has 0 bridgehead atoms. The van der Waals surface area contributed by atoms with Gasteiger partial charge in [0.1, 0.15) is 18.2 Å². The zero-order valence-corrected chi connectivity index (χ0v) is 25.2. The van der Waals surface area contributed by atoms with Gasteiger partial charge in [0.2, 0.25) is 0 Å². The summed E-state index contributed by atoms with van der Waals surface area (Å²) >= 11 is 0. The molecule has 9 nitrogen and oxygen atoms in total. The third-order valence-electron chi connectivity index (χ3n) is 6.90. The fraction of sp³-hybridized carbons (Fsp3) is 0.667. The molecule has 39 heavy (non-hydrogen) atoms. The Kier molecular flexibility index (Phi) is 12.6. The molecule has 0 aliphatic carbocycles. The van der Waals surface area contributed by atoms with Gasteiger partial charge < -0.3 is 24.7 Å². The normalized spacial score (nSPS) is 14.3. The number of nitrogens with two attached hydrogens (primary N) is 1. The van der Waals surface area contributed by atoms with E-state index in [1.807, 2.05) is 27.7 Å². The first-order valence-corrected chi connectivity index (χ1v) is 13.7. The van der Waals surface area contributed by atoms with Gasteiger partial charge in [-0.2, -0.15) is 0 Å². The van der Waals surface area contributed by atoms with Gasteiger partial charge in [-0.1, -0.05) is 33.8 Å². The molecule has 0 saturated heterocycles. The summed E-state index contributed by atoms with van der Waals surface area (Å²) in [4.78, 5) is 50.1. The summed E-state index contributed by atoms with van der Waals surface area (Å²) in [5.74, 6) is -1.64. The minimum absolute atomic E-state index is 0.0684. The minimum atomic E-state index is -1.03. The fourth-order valence-electron chi connectivity index (χ4n) is 3.00. The second kappa shape index (κ2) is 14.4. The van der Waals surface area contributed by atoms with Crippen LogP contribution in [0.25, 0.3) is 0 Å². The Morgan fingerprint density at radius 2 is 1.28 bits per heavy atom. The summed E-state index contributed by atoms with van der Waals surface area (Å²) < 4.78 is 22.1. The summed E-state index contributed by atoms with van der Waals surface area (Å²) in [6.45, 7) is 17.9. The average Bonchev–Trinajstić information content (AvgIpc) is 2.84. The Morgan fingerprint density at radius 1 is 0.795 bits per heavy atom. The van der Waals surface area contributed by atoms with Crippen molar-refractivity contribution in [2.75, 3.05) is 0 Å². The van der Waals surface area contributed by atoms with E-state index < -0.39 is 47.0 Å². The fourth-order valence-corrected chi connectivity index (χ4v) is 3.00. The van der Waals surface area contributed by atoms with Crippen LogP contribution in [-0.4, -0.2) is 42.1 Å². The summed E-state index contributed by atoms with van der Waals surface area (Å²) in [5.41, 5.74) is 5.22. The van der Waals surface area contributed by atoms with E-state index in [4.69, 9.17) is 24.7 Å². The van der Waals surface area contributed by atoms with Crippen molar-refractivity contribution in [3.63, 3.8) is 0 Å². The lowest BCUT2D eigenvalue weighted by Crippen LogP contribution is -2.39. The van der Waals surface area contributed by atoms with Gasteiger partial charge in [-0.3, -0.25) is 19.2 Å². The van der Waals surface area contributed by atoms with Crippen molar-refractivity contribution in [1.29, 1.82) is 0 Å². The maximum atomic E-state index is 12.8. The van der Waals surface area contributed by atoms with Crippen LogP contribution in [0.3, 0.4) is 0 Å². The number of carbonyl (C=O) groups is 4. The Bertz CT molecular complexity index is 1010. The van der Waals surface area contributed by atoms with E-state index in [9.17, 15) is 19.2 Å². The maximum absolute atomic E-state index is 12.8. The second-order valence-corrected chi connectivity index (χ2v) is 11.8. The first-order valence-electron chi connectivity index (χ1n) is 13.7. The number of esters is 4. The molecular formula is C30H47NO8. The predicted octanol–water partition coefficient (Wildman–Crippen LogP) is 5.15. The van der Waals surface area contributed by atoms with Crippen LogP contribution in [0, 0.1) is 16.7 Å². The molecule has 0 spiro atoms. The van der Waals surface area contributed by atoms with Crippen LogP contribution in [0.5, 0.6) is 11.5 Å². The highest BCUT2D eigenvalue weighted by atomic mass is 16.6. The molecule has 0 saturated carbocycles. The molecule has 0 aliphatic heterocycles. The van der Waals surface area contributed by atoms with Crippen molar-refractivity contribution < 1.29 is 38.1 Å². The van der Waals surface area contributed by atoms with Gasteiger partial charge in [-0.05, 0) is 84.4 Å². The highest BCUT2D eigenvalue weighted by Gasteiger charge is 2.32. The van der Waals surface area contributed by atoms with E-state index in [2.05, 4.69) is 0 Å². The lowest BCUT2D eigenvalue weighted by atomic mass is 9.90. The van der Waals surface area contributed by atoms with Gasteiger partial charge in [-0.25, -0.2) is 0 Å². The van der Waals surface area contributed by atoms with Gasteiger partial charge in [0.15, 0.2) is 11.5 Å². The number of hydrogen-bond acceptors (Lipinski definition) is 9. The maximum Gasteiger partial charge on any atom is 0.323 e. The highest BCUT2D eigenvalue weighted by Crippen LogP contribution is 2.34. The molecule has 1 aromatic rings. The van der Waals surface area contributed by atoms with Gasteiger partial charge in [0.05, 0.1) is 10.8 Å². The van der Waals surface area contributed by atoms with Crippen LogP contribution < -0.4 is 15.2 Å². The van der Waals surface area contributed by atoms with Crippen molar-refractivity contribution in [1.82, 2.24) is 0 Å². The molecular weight excluding hydrogens is 502 g/mol. The topological polar surface area (TPSA) is 131 Å². The van der Waals surface area contributed by atoms with E-state index in [-0.39, 0.29) is 36.2 Å². The van der Waals surface area contributed by atoms with Crippen LogP contribution in [0.15, 0.2) is 18.2 Å². The van der Waals surface area contributed by atoms with Crippen LogP contribution in [-0.2, 0) is 35.1 Å². The summed E-state index contributed by atoms with van der Waals surface area (Å²) in [7, 11) is 0. The third-order valence-corrected chi connectivity index (χ3v) is 6.90. The Labute approximate surface area is 233 Å². The molecule has 0 fully saturated rings.